The number of benzene rings is 3. The zero-order chi connectivity index (χ0) is 20.2. The molecule has 0 radical (unpaired) electrons. The summed E-state index contributed by atoms with van der Waals surface area (Å²) in [5, 5.41) is 0. The summed E-state index contributed by atoms with van der Waals surface area (Å²) < 4.78 is 18.8. The molecule has 1 aliphatic heterocycles. The maximum atomic E-state index is 13.4. The summed E-state index contributed by atoms with van der Waals surface area (Å²) in [6.07, 6.45) is 1.74. The Hall–Kier alpha value is -3.73. The molecular formula is C24H19FN2O2. The van der Waals surface area contributed by atoms with Gasteiger partial charge in [-0.1, -0.05) is 30.3 Å². The lowest BCUT2D eigenvalue weighted by atomic mass is 10.1. The average molecular weight is 386 g/mol. The number of halogens is 1. The van der Waals surface area contributed by atoms with Gasteiger partial charge in [0.25, 0.3) is 5.91 Å². The number of carbonyl (C=O) groups is 1. The van der Waals surface area contributed by atoms with Crippen molar-refractivity contribution in [3.05, 3.63) is 102 Å². The van der Waals surface area contributed by atoms with Gasteiger partial charge in [0.15, 0.2) is 0 Å². The number of para-hydroxylation sites is 1. The number of hydrogen-bond acceptors (Lipinski definition) is 3. The van der Waals surface area contributed by atoms with Crippen LogP contribution in [-0.4, -0.2) is 18.3 Å². The monoisotopic (exact) mass is 386 g/mol. The van der Waals surface area contributed by atoms with Crippen molar-refractivity contribution in [1.82, 2.24) is 0 Å². The van der Waals surface area contributed by atoms with Crippen molar-refractivity contribution in [3.63, 3.8) is 0 Å². The number of anilines is 1. The number of carbonyl (C=O) groups excluding carboxylic acids is 1. The van der Waals surface area contributed by atoms with Gasteiger partial charge in [0.1, 0.15) is 23.1 Å². The molecule has 3 aromatic carbocycles. The van der Waals surface area contributed by atoms with Gasteiger partial charge < -0.3 is 4.74 Å². The molecule has 5 heteroatoms. The second-order valence-corrected chi connectivity index (χ2v) is 6.45. The highest BCUT2D eigenvalue weighted by Gasteiger charge is 2.32. The van der Waals surface area contributed by atoms with Gasteiger partial charge >= 0.3 is 0 Å². The van der Waals surface area contributed by atoms with E-state index in [0.29, 0.717) is 29.4 Å². The van der Waals surface area contributed by atoms with Crippen molar-refractivity contribution >= 4 is 23.5 Å². The average Bonchev–Trinajstić information content (AvgIpc) is 3.07. The summed E-state index contributed by atoms with van der Waals surface area (Å²) >= 11 is 0. The summed E-state index contributed by atoms with van der Waals surface area (Å²) in [7, 11) is 0. The molecule has 0 unspecified atom stereocenters. The molecule has 3 aromatic rings. The molecule has 0 aromatic heterocycles. The van der Waals surface area contributed by atoms with Crippen LogP contribution in [0.4, 0.5) is 10.1 Å². The topological polar surface area (TPSA) is 41.9 Å². The molecule has 0 saturated carbocycles. The molecule has 0 bridgehead atoms. The molecule has 4 rings (SSSR count). The van der Waals surface area contributed by atoms with Crippen molar-refractivity contribution < 1.29 is 13.9 Å². The summed E-state index contributed by atoms with van der Waals surface area (Å²) in [6, 6.07) is 22.7. The number of nitrogens with zero attached hydrogens (tertiary/aromatic N) is 2. The Balaban J connectivity index is 1.75. The largest absolute Gasteiger partial charge is 0.494 e. The molecular weight excluding hydrogens is 367 g/mol. The quantitative estimate of drug-likeness (QED) is 0.575. The number of amidine groups is 1. The highest BCUT2D eigenvalue weighted by Crippen LogP contribution is 2.28. The Kier molecular flexibility index (Phi) is 5.20. The molecule has 0 spiro atoms. The van der Waals surface area contributed by atoms with E-state index in [1.165, 1.54) is 12.1 Å². The number of amides is 1. The van der Waals surface area contributed by atoms with E-state index < -0.39 is 0 Å². The van der Waals surface area contributed by atoms with Gasteiger partial charge in [0.2, 0.25) is 0 Å². The van der Waals surface area contributed by atoms with Crippen LogP contribution in [0, 0.1) is 5.82 Å². The second-order valence-electron chi connectivity index (χ2n) is 6.45. The lowest BCUT2D eigenvalue weighted by molar-refractivity contribution is -0.113. The highest BCUT2D eigenvalue weighted by atomic mass is 19.1. The molecule has 144 valence electrons. The van der Waals surface area contributed by atoms with Crippen LogP contribution in [0.25, 0.3) is 6.08 Å². The Morgan fingerprint density at radius 2 is 1.66 bits per heavy atom. The van der Waals surface area contributed by atoms with Crippen molar-refractivity contribution in [3.8, 4) is 5.75 Å². The SMILES string of the molecule is CCOc1ccc(/C=C2/N=C(c3ccc(F)cc3)N(c3ccccc3)C2=O)cc1. The molecule has 1 amide bonds. The lowest BCUT2D eigenvalue weighted by Gasteiger charge is -2.18. The fourth-order valence-electron chi connectivity index (χ4n) is 3.11. The normalized spacial score (nSPS) is 15.0. The number of ether oxygens (including phenoxy) is 1. The van der Waals surface area contributed by atoms with Crippen LogP contribution in [0.5, 0.6) is 5.75 Å². The maximum absolute atomic E-state index is 13.4. The van der Waals surface area contributed by atoms with Gasteiger partial charge in [-0.15, -0.1) is 0 Å². The third-order valence-electron chi connectivity index (χ3n) is 4.47. The standard InChI is InChI=1S/C24H19FN2O2/c1-2-29-21-14-8-17(9-15-21)16-22-24(28)27(20-6-4-3-5-7-20)23(26-22)18-10-12-19(25)13-11-18/h3-16H,2H2,1H3/b22-16+. The summed E-state index contributed by atoms with van der Waals surface area (Å²) in [4.78, 5) is 19.3. The van der Waals surface area contributed by atoms with Gasteiger partial charge in [-0.3, -0.25) is 9.69 Å². The minimum Gasteiger partial charge on any atom is -0.494 e. The third kappa shape index (κ3) is 3.94. The van der Waals surface area contributed by atoms with E-state index in [1.54, 1.807) is 23.1 Å². The minimum atomic E-state index is -0.338. The zero-order valence-corrected chi connectivity index (χ0v) is 15.9. The number of hydrogen-bond donors (Lipinski definition) is 0. The molecule has 0 N–H and O–H groups in total. The first kappa shape index (κ1) is 18.6. The molecule has 1 aliphatic rings. The predicted molar refractivity (Wildman–Crippen MR) is 112 cm³/mol. The van der Waals surface area contributed by atoms with Crippen LogP contribution in [-0.2, 0) is 4.79 Å². The van der Waals surface area contributed by atoms with E-state index in [9.17, 15) is 9.18 Å². The molecule has 0 saturated heterocycles. The van der Waals surface area contributed by atoms with E-state index in [4.69, 9.17) is 4.74 Å². The Bertz CT molecular complexity index is 1070. The van der Waals surface area contributed by atoms with Crippen LogP contribution in [0.1, 0.15) is 18.1 Å². The van der Waals surface area contributed by atoms with E-state index in [-0.39, 0.29) is 11.7 Å². The smallest absolute Gasteiger partial charge is 0.282 e. The lowest BCUT2D eigenvalue weighted by Crippen LogP contribution is -2.32. The Morgan fingerprint density at radius 3 is 2.31 bits per heavy atom. The fourth-order valence-corrected chi connectivity index (χ4v) is 3.11. The molecule has 29 heavy (non-hydrogen) atoms. The fraction of sp³-hybridized carbons (Fsp3) is 0.0833. The molecule has 4 nitrogen and oxygen atoms in total. The zero-order valence-electron chi connectivity index (χ0n) is 15.9. The van der Waals surface area contributed by atoms with Gasteiger partial charge in [-0.25, -0.2) is 9.38 Å². The Morgan fingerprint density at radius 1 is 0.966 bits per heavy atom. The molecule has 0 aliphatic carbocycles. The van der Waals surface area contributed by atoms with Crippen molar-refractivity contribution in [1.29, 1.82) is 0 Å². The maximum Gasteiger partial charge on any atom is 0.282 e. The van der Waals surface area contributed by atoms with Gasteiger partial charge in [0, 0.05) is 5.56 Å². The first-order chi connectivity index (χ1) is 14.2. The van der Waals surface area contributed by atoms with E-state index in [2.05, 4.69) is 4.99 Å². The van der Waals surface area contributed by atoms with Crippen LogP contribution >= 0.6 is 0 Å². The molecule has 1 heterocycles. The number of rotatable bonds is 5. The molecule has 0 atom stereocenters. The first-order valence-electron chi connectivity index (χ1n) is 9.34. The van der Waals surface area contributed by atoms with E-state index in [1.807, 2.05) is 61.5 Å². The highest BCUT2D eigenvalue weighted by molar-refractivity contribution is 6.33. The van der Waals surface area contributed by atoms with E-state index in [0.717, 1.165) is 11.3 Å². The number of aliphatic imine (C=N–C) groups is 1. The van der Waals surface area contributed by atoms with Crippen LogP contribution in [0.2, 0.25) is 0 Å². The van der Waals surface area contributed by atoms with Crippen LogP contribution in [0.3, 0.4) is 0 Å². The summed E-state index contributed by atoms with van der Waals surface area (Å²) in [5.74, 6) is 0.673. The predicted octanol–water partition coefficient (Wildman–Crippen LogP) is 5.06. The minimum absolute atomic E-state index is 0.232. The van der Waals surface area contributed by atoms with Crippen LogP contribution in [0.15, 0.2) is 89.6 Å². The second kappa shape index (κ2) is 8.10. The van der Waals surface area contributed by atoms with Crippen LogP contribution < -0.4 is 9.64 Å². The summed E-state index contributed by atoms with van der Waals surface area (Å²) in [5.41, 5.74) is 2.53. The third-order valence-corrected chi connectivity index (χ3v) is 4.47. The van der Waals surface area contributed by atoms with Crippen molar-refractivity contribution in [2.45, 2.75) is 6.92 Å². The van der Waals surface area contributed by atoms with E-state index >= 15 is 0 Å². The Labute approximate surface area is 168 Å². The van der Waals surface area contributed by atoms with Crippen molar-refractivity contribution in [2.24, 2.45) is 4.99 Å². The van der Waals surface area contributed by atoms with Gasteiger partial charge in [-0.05, 0) is 67.1 Å². The first-order valence-corrected chi connectivity index (χ1v) is 9.34. The molecule has 0 fully saturated rings. The van der Waals surface area contributed by atoms with Crippen molar-refractivity contribution in [2.75, 3.05) is 11.5 Å². The van der Waals surface area contributed by atoms with Gasteiger partial charge in [-0.2, -0.15) is 0 Å². The summed E-state index contributed by atoms with van der Waals surface area (Å²) in [6.45, 7) is 2.52. The van der Waals surface area contributed by atoms with Gasteiger partial charge in [0.05, 0.1) is 12.3 Å².